The fourth-order valence-corrected chi connectivity index (χ4v) is 9.71. The summed E-state index contributed by atoms with van der Waals surface area (Å²) in [6.07, 6.45) is 14.0. The first-order valence-electron chi connectivity index (χ1n) is 13.5. The van der Waals surface area contributed by atoms with Crippen LogP contribution in [0.4, 0.5) is 0 Å². The second kappa shape index (κ2) is 8.09. The molecule has 5 heteroatoms. The highest BCUT2D eigenvalue weighted by Crippen LogP contribution is 2.66. The summed E-state index contributed by atoms with van der Waals surface area (Å²) in [4.78, 5) is 0. The van der Waals surface area contributed by atoms with Crippen molar-refractivity contribution < 1.29 is 10.2 Å². The van der Waals surface area contributed by atoms with Crippen LogP contribution in [-0.2, 0) is 6.54 Å². The Bertz CT molecular complexity index is 914. The Morgan fingerprint density at radius 2 is 1.97 bits per heavy atom. The van der Waals surface area contributed by atoms with Crippen molar-refractivity contribution in [3.8, 4) is 6.07 Å². The molecule has 2 N–H and O–H groups in total. The van der Waals surface area contributed by atoms with E-state index in [4.69, 9.17) is 5.26 Å². The first kappa shape index (κ1) is 23.4. The van der Waals surface area contributed by atoms with Crippen LogP contribution in [0.25, 0.3) is 0 Å². The van der Waals surface area contributed by atoms with Crippen LogP contribution >= 0.6 is 0 Å². The predicted octanol–water partition coefficient (Wildman–Crippen LogP) is 5.16. The lowest BCUT2D eigenvalue weighted by atomic mass is 9.47. The van der Waals surface area contributed by atoms with Gasteiger partial charge in [-0.2, -0.15) is 10.4 Å². The maximum atomic E-state index is 11.7. The van der Waals surface area contributed by atoms with Gasteiger partial charge >= 0.3 is 0 Å². The molecule has 33 heavy (non-hydrogen) atoms. The first-order valence-corrected chi connectivity index (χ1v) is 13.5. The van der Waals surface area contributed by atoms with Crippen LogP contribution in [0.5, 0.6) is 0 Å². The molecule has 5 rings (SSSR count). The van der Waals surface area contributed by atoms with Gasteiger partial charge in [0, 0.05) is 6.20 Å². The average Bonchev–Trinajstić information content (AvgIpc) is 3.35. The summed E-state index contributed by atoms with van der Waals surface area (Å²) < 4.78 is 1.75. The van der Waals surface area contributed by atoms with Gasteiger partial charge in [-0.3, -0.25) is 4.68 Å². The zero-order valence-corrected chi connectivity index (χ0v) is 21.0. The molecule has 4 aliphatic carbocycles. The van der Waals surface area contributed by atoms with E-state index in [2.05, 4.69) is 31.9 Å². The highest BCUT2D eigenvalue weighted by molar-refractivity contribution is 5.21. The molecule has 0 spiro atoms. The van der Waals surface area contributed by atoms with E-state index in [1.165, 1.54) is 38.5 Å². The van der Waals surface area contributed by atoms with Crippen LogP contribution < -0.4 is 0 Å². The minimum absolute atomic E-state index is 0.174. The molecule has 1 heterocycles. The van der Waals surface area contributed by atoms with E-state index in [9.17, 15) is 10.2 Å². The van der Waals surface area contributed by atoms with Crippen molar-refractivity contribution in [2.45, 2.75) is 103 Å². The number of hydrogen-bond donors (Lipinski definition) is 2. The smallest absolute Gasteiger partial charge is 0.102 e. The lowest BCUT2D eigenvalue weighted by molar-refractivity contribution is -0.141. The highest BCUT2D eigenvalue weighted by atomic mass is 16.3. The number of fused-ring (bicyclic) bond motifs is 5. The summed E-state index contributed by atoms with van der Waals surface area (Å²) in [6.45, 7) is 9.26. The van der Waals surface area contributed by atoms with Gasteiger partial charge in [-0.1, -0.05) is 20.3 Å². The van der Waals surface area contributed by atoms with Gasteiger partial charge in [0.15, 0.2) is 0 Å². The number of hydrogen-bond acceptors (Lipinski definition) is 4. The minimum Gasteiger partial charge on any atom is -0.390 e. The fraction of sp³-hybridized carbons (Fsp3) is 0.857. The summed E-state index contributed by atoms with van der Waals surface area (Å²) in [7, 11) is 0. The van der Waals surface area contributed by atoms with Gasteiger partial charge in [0.25, 0.3) is 0 Å². The molecule has 1 aromatic heterocycles. The average molecular weight is 454 g/mol. The van der Waals surface area contributed by atoms with Crippen LogP contribution in [-0.4, -0.2) is 31.2 Å². The quantitative estimate of drug-likeness (QED) is 0.659. The van der Waals surface area contributed by atoms with E-state index >= 15 is 0 Å². The van der Waals surface area contributed by atoms with Crippen LogP contribution in [0.15, 0.2) is 12.4 Å². The molecule has 5 nitrogen and oxygen atoms in total. The Morgan fingerprint density at radius 1 is 1.18 bits per heavy atom. The van der Waals surface area contributed by atoms with E-state index in [1.54, 1.807) is 17.1 Å². The van der Waals surface area contributed by atoms with E-state index in [0.29, 0.717) is 29.9 Å². The van der Waals surface area contributed by atoms with Crippen LogP contribution in [0.1, 0.15) is 91.0 Å². The van der Waals surface area contributed by atoms with Gasteiger partial charge in [0.2, 0.25) is 0 Å². The molecule has 0 radical (unpaired) electrons. The van der Waals surface area contributed by atoms with Gasteiger partial charge in [-0.15, -0.1) is 0 Å². The molecule has 4 aliphatic rings. The Balaban J connectivity index is 1.34. The van der Waals surface area contributed by atoms with Gasteiger partial charge in [-0.25, -0.2) is 0 Å². The summed E-state index contributed by atoms with van der Waals surface area (Å²) in [5, 5.41) is 36.2. The maximum absolute atomic E-state index is 11.7. The summed E-state index contributed by atoms with van der Waals surface area (Å²) >= 11 is 0. The van der Waals surface area contributed by atoms with Crippen molar-refractivity contribution in [3.05, 3.63) is 18.0 Å². The molecule has 0 bridgehead atoms. The second-order valence-corrected chi connectivity index (χ2v) is 12.9. The Labute approximate surface area is 199 Å². The van der Waals surface area contributed by atoms with Gasteiger partial charge in [0.05, 0.1) is 29.5 Å². The van der Waals surface area contributed by atoms with Crippen molar-refractivity contribution in [2.24, 2.45) is 46.8 Å². The van der Waals surface area contributed by atoms with Crippen LogP contribution in [0.2, 0.25) is 0 Å². The lowest BCUT2D eigenvalue weighted by Gasteiger charge is -2.59. The molecule has 0 aliphatic heterocycles. The van der Waals surface area contributed by atoms with E-state index in [-0.39, 0.29) is 11.3 Å². The molecule has 0 aromatic carbocycles. The number of aliphatic hydroxyl groups is 2. The first-order chi connectivity index (χ1) is 15.6. The lowest BCUT2D eigenvalue weighted by Crippen LogP contribution is -2.55. The van der Waals surface area contributed by atoms with Crippen molar-refractivity contribution in [1.82, 2.24) is 9.78 Å². The molecule has 4 saturated carbocycles. The second-order valence-electron chi connectivity index (χ2n) is 12.9. The highest BCUT2D eigenvalue weighted by Gasteiger charge is 2.61. The van der Waals surface area contributed by atoms with Crippen LogP contribution in [0, 0.1) is 58.2 Å². The zero-order valence-electron chi connectivity index (χ0n) is 21.0. The molecule has 0 unspecified atom stereocenters. The van der Waals surface area contributed by atoms with Gasteiger partial charge < -0.3 is 10.2 Å². The number of rotatable bonds is 4. The predicted molar refractivity (Wildman–Crippen MR) is 128 cm³/mol. The minimum atomic E-state index is -0.830. The molecular weight excluding hydrogens is 410 g/mol. The normalized spacial score (nSPS) is 46.5. The summed E-state index contributed by atoms with van der Waals surface area (Å²) in [5.74, 6) is 4.47. The largest absolute Gasteiger partial charge is 0.390 e. The molecule has 0 saturated heterocycles. The van der Waals surface area contributed by atoms with Crippen molar-refractivity contribution >= 4 is 0 Å². The Kier molecular flexibility index (Phi) is 5.73. The zero-order chi connectivity index (χ0) is 23.6. The van der Waals surface area contributed by atoms with E-state index in [0.717, 1.165) is 37.0 Å². The molecule has 1 aromatic rings. The van der Waals surface area contributed by atoms with Crippen molar-refractivity contribution in [1.29, 1.82) is 5.26 Å². The maximum Gasteiger partial charge on any atom is 0.102 e. The van der Waals surface area contributed by atoms with E-state index in [1.807, 2.05) is 6.92 Å². The van der Waals surface area contributed by atoms with E-state index < -0.39 is 11.2 Å². The number of nitrogens with zero attached hydrogens (tertiary/aromatic N) is 3. The molecule has 0 amide bonds. The molecule has 10 atom stereocenters. The third-order valence-electron chi connectivity index (χ3n) is 11.1. The fourth-order valence-electron chi connectivity index (χ4n) is 9.71. The van der Waals surface area contributed by atoms with Crippen LogP contribution in [0.3, 0.4) is 0 Å². The van der Waals surface area contributed by atoms with Gasteiger partial charge in [0.1, 0.15) is 6.07 Å². The monoisotopic (exact) mass is 453 g/mol. The molecule has 182 valence electrons. The molecule has 4 fully saturated rings. The van der Waals surface area contributed by atoms with Crippen molar-refractivity contribution in [2.75, 3.05) is 0 Å². The summed E-state index contributed by atoms with van der Waals surface area (Å²) in [6, 6.07) is 2.14. The SMILES string of the molecule is CC[C@H]1C[C@H]2[C@H](CC[C@@H]3[C@@H]2CC[C@@]2(C)[C@H]3CC[C@@H]2[C@@](C)(O)Cn2cc(C#N)cn2)C[C@]1(C)O. The number of aromatic nitrogens is 2. The summed E-state index contributed by atoms with van der Waals surface area (Å²) in [5.41, 5.74) is -0.590. The Morgan fingerprint density at radius 3 is 2.67 bits per heavy atom. The number of nitriles is 1. The van der Waals surface area contributed by atoms with Crippen molar-refractivity contribution in [3.63, 3.8) is 0 Å². The topological polar surface area (TPSA) is 82.1 Å². The van der Waals surface area contributed by atoms with Gasteiger partial charge in [-0.05, 0) is 112 Å². The third kappa shape index (κ3) is 3.76. The molecular formula is C28H43N3O2. The third-order valence-corrected chi connectivity index (χ3v) is 11.1. The Hall–Kier alpha value is -1.38. The standard InChI is InChI=1S/C28H43N3O2/c1-5-20-12-23-19(13-27(20,3)32)6-7-22-21(23)10-11-26(2)24(22)8-9-25(26)28(4,33)17-31-16-18(14-29)15-30-31/h15-16,19-25,32-33H,5-13,17H2,1-4H3/t19-,20+,21+,22-,23+,24+,25+,26+,27+,28+/m1/s1.